The Hall–Kier alpha value is -1.60. The van der Waals surface area contributed by atoms with Crippen LogP contribution in [0.4, 0.5) is 5.82 Å². The average Bonchev–Trinajstić information content (AvgIpc) is 3.12. The molecule has 0 aliphatic heterocycles. The minimum Gasteiger partial charge on any atom is -0.363 e. The lowest BCUT2D eigenvalue weighted by atomic mass is 9.96. The number of anilines is 1. The van der Waals surface area contributed by atoms with E-state index in [1.54, 1.807) is 12.1 Å². The fraction of sp³-hybridized carbons (Fsp3) is 0.538. The molecule has 17 heavy (non-hydrogen) atoms. The maximum absolute atomic E-state index is 8.93. The van der Waals surface area contributed by atoms with Crippen LogP contribution in [0.2, 0.25) is 0 Å². The molecule has 4 heteroatoms. The minimum atomic E-state index is -0.104. The highest BCUT2D eigenvalue weighted by atomic mass is 15.1. The van der Waals surface area contributed by atoms with Crippen LogP contribution in [0, 0.1) is 24.2 Å². The molecule has 2 rings (SSSR count). The van der Waals surface area contributed by atoms with Crippen molar-refractivity contribution in [1.82, 2.24) is 4.98 Å². The summed E-state index contributed by atoms with van der Waals surface area (Å²) >= 11 is 0. The van der Waals surface area contributed by atoms with E-state index in [-0.39, 0.29) is 5.54 Å². The lowest BCUT2D eigenvalue weighted by Gasteiger charge is -2.30. The molecule has 1 aromatic rings. The third-order valence-corrected chi connectivity index (χ3v) is 3.40. The predicted octanol–water partition coefficient (Wildman–Crippen LogP) is 1.80. The molecular formula is C13H18N4. The van der Waals surface area contributed by atoms with Gasteiger partial charge in [0.1, 0.15) is 5.82 Å². The number of nitriles is 1. The van der Waals surface area contributed by atoms with Crippen LogP contribution in [-0.2, 0) is 0 Å². The Balaban J connectivity index is 2.23. The van der Waals surface area contributed by atoms with E-state index >= 15 is 0 Å². The van der Waals surface area contributed by atoms with Crippen molar-refractivity contribution in [3.63, 3.8) is 0 Å². The van der Waals surface area contributed by atoms with Crippen molar-refractivity contribution in [3.05, 3.63) is 23.4 Å². The topological polar surface area (TPSA) is 74.7 Å². The molecule has 0 spiro atoms. The van der Waals surface area contributed by atoms with Gasteiger partial charge in [-0.05, 0) is 44.7 Å². The monoisotopic (exact) mass is 230 g/mol. The number of aromatic nitrogens is 1. The number of nitrogens with one attached hydrogen (secondary N) is 1. The van der Waals surface area contributed by atoms with Gasteiger partial charge in [0.05, 0.1) is 17.2 Å². The van der Waals surface area contributed by atoms with Crippen molar-refractivity contribution in [3.8, 4) is 6.07 Å². The molecule has 0 bridgehead atoms. The zero-order valence-electron chi connectivity index (χ0n) is 10.3. The molecule has 0 saturated heterocycles. The van der Waals surface area contributed by atoms with Crippen molar-refractivity contribution >= 4 is 5.82 Å². The second-order valence-electron chi connectivity index (χ2n) is 5.02. The van der Waals surface area contributed by atoms with Gasteiger partial charge >= 0.3 is 0 Å². The van der Waals surface area contributed by atoms with E-state index in [4.69, 9.17) is 11.0 Å². The first-order valence-electron chi connectivity index (χ1n) is 5.94. The normalized spacial score (nSPS) is 18.2. The summed E-state index contributed by atoms with van der Waals surface area (Å²) in [5.74, 6) is 1.38. The van der Waals surface area contributed by atoms with Crippen LogP contribution in [-0.4, -0.2) is 17.1 Å². The number of nitrogens with two attached hydrogens (primary N) is 1. The molecule has 1 heterocycles. The van der Waals surface area contributed by atoms with Crippen molar-refractivity contribution in [2.24, 2.45) is 11.7 Å². The van der Waals surface area contributed by atoms with Crippen LogP contribution in [0.5, 0.6) is 0 Å². The second-order valence-corrected chi connectivity index (χ2v) is 5.02. The van der Waals surface area contributed by atoms with Crippen molar-refractivity contribution in [1.29, 1.82) is 5.26 Å². The van der Waals surface area contributed by atoms with Gasteiger partial charge in [0.25, 0.3) is 0 Å². The summed E-state index contributed by atoms with van der Waals surface area (Å²) in [5.41, 5.74) is 7.23. The molecule has 1 aromatic heterocycles. The van der Waals surface area contributed by atoms with Crippen LogP contribution in [0.1, 0.15) is 31.0 Å². The van der Waals surface area contributed by atoms with Crippen molar-refractivity contribution < 1.29 is 0 Å². The zero-order chi connectivity index (χ0) is 12.5. The summed E-state index contributed by atoms with van der Waals surface area (Å²) in [6.07, 6.45) is 2.44. The SMILES string of the molecule is Cc1cc(C#N)cc(NC(C)(CN)C2CC2)n1. The summed E-state index contributed by atoms with van der Waals surface area (Å²) in [7, 11) is 0. The van der Waals surface area contributed by atoms with Gasteiger partial charge in [-0.3, -0.25) is 0 Å². The predicted molar refractivity (Wildman–Crippen MR) is 67.5 cm³/mol. The lowest BCUT2D eigenvalue weighted by Crippen LogP contribution is -2.44. The fourth-order valence-electron chi connectivity index (χ4n) is 2.13. The van der Waals surface area contributed by atoms with E-state index in [2.05, 4.69) is 23.3 Å². The van der Waals surface area contributed by atoms with E-state index in [0.29, 0.717) is 18.0 Å². The van der Waals surface area contributed by atoms with Gasteiger partial charge in [-0.2, -0.15) is 5.26 Å². The highest BCUT2D eigenvalue weighted by Crippen LogP contribution is 2.40. The van der Waals surface area contributed by atoms with E-state index in [9.17, 15) is 0 Å². The summed E-state index contributed by atoms with van der Waals surface area (Å²) in [4.78, 5) is 4.41. The molecule has 0 aromatic carbocycles. The van der Waals surface area contributed by atoms with Crippen molar-refractivity contribution in [2.45, 2.75) is 32.2 Å². The molecule has 1 atom stereocenters. The standard InChI is InChI=1S/C13H18N4/c1-9-5-10(7-14)6-12(16-9)17-13(2,8-15)11-3-4-11/h5-6,11H,3-4,8,15H2,1-2H3,(H,16,17). The molecule has 90 valence electrons. The zero-order valence-corrected chi connectivity index (χ0v) is 10.3. The van der Waals surface area contributed by atoms with E-state index < -0.39 is 0 Å². The molecule has 1 aliphatic carbocycles. The fourth-order valence-corrected chi connectivity index (χ4v) is 2.13. The van der Waals surface area contributed by atoms with Crippen LogP contribution >= 0.6 is 0 Å². The van der Waals surface area contributed by atoms with Crippen LogP contribution in [0.25, 0.3) is 0 Å². The molecule has 1 unspecified atom stereocenters. The van der Waals surface area contributed by atoms with Gasteiger partial charge in [-0.15, -0.1) is 0 Å². The van der Waals surface area contributed by atoms with Gasteiger partial charge in [0.15, 0.2) is 0 Å². The Morgan fingerprint density at radius 2 is 2.29 bits per heavy atom. The summed E-state index contributed by atoms with van der Waals surface area (Å²) in [6, 6.07) is 5.71. The summed E-state index contributed by atoms with van der Waals surface area (Å²) < 4.78 is 0. The third-order valence-electron chi connectivity index (χ3n) is 3.40. The highest BCUT2D eigenvalue weighted by molar-refractivity contribution is 5.46. The van der Waals surface area contributed by atoms with Crippen LogP contribution in [0.3, 0.4) is 0 Å². The maximum Gasteiger partial charge on any atom is 0.127 e. The van der Waals surface area contributed by atoms with Gasteiger partial charge < -0.3 is 11.1 Å². The Bertz CT molecular complexity index is 459. The quantitative estimate of drug-likeness (QED) is 0.827. The van der Waals surface area contributed by atoms with Gasteiger partial charge in [0.2, 0.25) is 0 Å². The number of pyridine rings is 1. The number of aryl methyl sites for hydroxylation is 1. The average molecular weight is 230 g/mol. The number of hydrogen-bond acceptors (Lipinski definition) is 4. The van der Waals surface area contributed by atoms with E-state index in [0.717, 1.165) is 11.5 Å². The molecule has 1 fully saturated rings. The Kier molecular flexibility index (Phi) is 3.03. The summed E-state index contributed by atoms with van der Waals surface area (Å²) in [5, 5.41) is 12.3. The van der Waals surface area contributed by atoms with Crippen LogP contribution in [0.15, 0.2) is 12.1 Å². The first kappa shape index (κ1) is 11.9. The first-order valence-corrected chi connectivity index (χ1v) is 5.94. The Labute approximate surface area is 102 Å². The Morgan fingerprint density at radius 1 is 1.59 bits per heavy atom. The van der Waals surface area contributed by atoms with Gasteiger partial charge in [-0.25, -0.2) is 4.98 Å². The highest BCUT2D eigenvalue weighted by Gasteiger charge is 2.40. The molecule has 3 N–H and O–H groups in total. The summed E-state index contributed by atoms with van der Waals surface area (Å²) in [6.45, 7) is 4.60. The minimum absolute atomic E-state index is 0.104. The molecule has 4 nitrogen and oxygen atoms in total. The number of hydrogen-bond donors (Lipinski definition) is 2. The first-order chi connectivity index (χ1) is 8.07. The van der Waals surface area contributed by atoms with E-state index in [1.165, 1.54) is 12.8 Å². The molecular weight excluding hydrogens is 212 g/mol. The molecule has 1 saturated carbocycles. The van der Waals surface area contributed by atoms with Crippen LogP contribution < -0.4 is 11.1 Å². The lowest BCUT2D eigenvalue weighted by molar-refractivity contribution is 0.458. The van der Waals surface area contributed by atoms with Crippen molar-refractivity contribution in [2.75, 3.05) is 11.9 Å². The maximum atomic E-state index is 8.93. The Morgan fingerprint density at radius 3 is 2.82 bits per heavy atom. The third kappa shape index (κ3) is 2.56. The molecule has 0 amide bonds. The van der Waals surface area contributed by atoms with Gasteiger partial charge in [-0.1, -0.05) is 0 Å². The van der Waals surface area contributed by atoms with E-state index in [1.807, 2.05) is 6.92 Å². The smallest absolute Gasteiger partial charge is 0.127 e. The number of nitrogens with zero attached hydrogens (tertiary/aromatic N) is 2. The molecule has 0 radical (unpaired) electrons. The molecule has 1 aliphatic rings. The van der Waals surface area contributed by atoms with Gasteiger partial charge in [0, 0.05) is 12.2 Å². The largest absolute Gasteiger partial charge is 0.363 e. The number of rotatable bonds is 4. The second kappa shape index (κ2) is 4.34.